The summed E-state index contributed by atoms with van der Waals surface area (Å²) in [6.45, 7) is 9.07. The number of ether oxygens (including phenoxy) is 3. The van der Waals surface area contributed by atoms with Crippen molar-refractivity contribution in [2.75, 3.05) is 45.4 Å². The second kappa shape index (κ2) is 11.9. The fourth-order valence-corrected chi connectivity index (χ4v) is 5.40. The van der Waals surface area contributed by atoms with Crippen LogP contribution in [0.4, 0.5) is 5.95 Å². The molecule has 1 unspecified atom stereocenters. The molecule has 0 radical (unpaired) electrons. The van der Waals surface area contributed by atoms with Crippen molar-refractivity contribution in [2.24, 2.45) is 0 Å². The lowest BCUT2D eigenvalue weighted by Gasteiger charge is -2.25. The third-order valence-electron chi connectivity index (χ3n) is 6.65. The monoisotopic (exact) mass is 546 g/mol. The second-order valence-corrected chi connectivity index (χ2v) is 16.7. The number of esters is 1. The summed E-state index contributed by atoms with van der Waals surface area (Å²) in [6, 6.07) is 6.47. The molecule has 0 spiro atoms. The third-order valence-corrected chi connectivity index (χ3v) is 8.63. The van der Waals surface area contributed by atoms with Crippen LogP contribution < -0.4 is 5.32 Å². The first-order valence-corrected chi connectivity index (χ1v) is 16.7. The summed E-state index contributed by atoms with van der Waals surface area (Å²) < 4.78 is 16.3. The molecule has 1 N–H and O–H groups in total. The number of halogens is 1. The van der Waals surface area contributed by atoms with Gasteiger partial charge in [0.25, 0.3) is 5.91 Å². The number of carbonyl (C=O) groups excluding carboxylic acids is 2. The zero-order valence-electron chi connectivity index (χ0n) is 21.9. The number of rotatable bonds is 10. The Morgan fingerprint density at radius 1 is 1.27 bits per heavy atom. The zero-order chi connectivity index (χ0) is 26.6. The van der Waals surface area contributed by atoms with E-state index < -0.39 is 14.0 Å². The fourth-order valence-electron chi connectivity index (χ4n) is 4.45. The molecule has 0 saturated carbocycles. The lowest BCUT2D eigenvalue weighted by molar-refractivity contribution is -0.142. The molecule has 200 valence electrons. The van der Waals surface area contributed by atoms with Crippen LogP contribution in [-0.4, -0.2) is 80.9 Å². The van der Waals surface area contributed by atoms with Gasteiger partial charge in [-0.3, -0.25) is 9.59 Å². The number of amides is 1. The van der Waals surface area contributed by atoms with E-state index in [1.807, 2.05) is 12.1 Å². The van der Waals surface area contributed by atoms with Gasteiger partial charge in [-0.1, -0.05) is 43.4 Å². The molecule has 2 aromatic rings. The number of aromatic nitrogens is 2. The smallest absolute Gasteiger partial charge is 0.325 e. The Hall–Kier alpha value is -2.53. The fraction of sp³-hybridized carbons (Fsp3) is 0.538. The molecule has 0 bridgehead atoms. The highest BCUT2D eigenvalue weighted by molar-refractivity contribution is 6.76. The van der Waals surface area contributed by atoms with Gasteiger partial charge in [0.15, 0.2) is 0 Å². The summed E-state index contributed by atoms with van der Waals surface area (Å²) in [4.78, 5) is 36.0. The molecule has 1 aromatic heterocycles. The van der Waals surface area contributed by atoms with Gasteiger partial charge >= 0.3 is 5.97 Å². The second-order valence-electron chi connectivity index (χ2n) is 10.6. The molecule has 4 rings (SSSR count). The Morgan fingerprint density at radius 3 is 2.73 bits per heavy atom. The van der Waals surface area contributed by atoms with Gasteiger partial charge in [-0.15, -0.1) is 0 Å². The van der Waals surface area contributed by atoms with Crippen LogP contribution in [0.2, 0.25) is 30.7 Å². The highest BCUT2D eigenvalue weighted by Crippen LogP contribution is 2.37. The average molecular weight is 547 g/mol. The van der Waals surface area contributed by atoms with Gasteiger partial charge in [0.2, 0.25) is 5.95 Å². The van der Waals surface area contributed by atoms with Crippen molar-refractivity contribution in [1.82, 2.24) is 14.9 Å². The minimum absolute atomic E-state index is 0.144. The Bertz CT molecular complexity index is 1140. The van der Waals surface area contributed by atoms with E-state index in [2.05, 4.69) is 34.9 Å². The number of fused-ring (bicyclic) bond motifs is 1. The summed E-state index contributed by atoms with van der Waals surface area (Å²) in [6.07, 6.45) is 3.33. The van der Waals surface area contributed by atoms with Crippen LogP contribution in [0.3, 0.4) is 0 Å². The summed E-state index contributed by atoms with van der Waals surface area (Å²) in [7, 11) is 0.0628. The predicted molar refractivity (Wildman–Crippen MR) is 145 cm³/mol. The first kappa shape index (κ1) is 27.5. The number of nitrogens with one attached hydrogen (secondary N) is 1. The topological polar surface area (TPSA) is 103 Å². The maximum absolute atomic E-state index is 13.4. The number of hydrogen-bond donors (Lipinski definition) is 1. The van der Waals surface area contributed by atoms with Crippen LogP contribution in [-0.2, 0) is 19.0 Å². The summed E-state index contributed by atoms with van der Waals surface area (Å²) in [5, 5.41) is 3.75. The van der Waals surface area contributed by atoms with E-state index in [9.17, 15) is 9.59 Å². The van der Waals surface area contributed by atoms with Gasteiger partial charge in [-0.25, -0.2) is 9.97 Å². The molecule has 9 nitrogen and oxygen atoms in total. The molecule has 2 aliphatic rings. The van der Waals surface area contributed by atoms with Gasteiger partial charge in [0.1, 0.15) is 6.54 Å². The van der Waals surface area contributed by atoms with Crippen LogP contribution >= 0.6 is 11.6 Å². The predicted octanol–water partition coefficient (Wildman–Crippen LogP) is 4.41. The molecule has 2 aliphatic heterocycles. The molecule has 1 saturated heterocycles. The van der Waals surface area contributed by atoms with E-state index in [4.69, 9.17) is 25.8 Å². The Labute approximate surface area is 223 Å². The minimum Gasteiger partial charge on any atom is -0.468 e. The lowest BCUT2D eigenvalue weighted by Crippen LogP contribution is -2.36. The van der Waals surface area contributed by atoms with Gasteiger partial charge in [0.05, 0.1) is 36.7 Å². The number of carbonyl (C=O) groups is 2. The van der Waals surface area contributed by atoms with Gasteiger partial charge in [-0.05, 0) is 30.5 Å². The van der Waals surface area contributed by atoms with Crippen LogP contribution in [0.1, 0.15) is 34.8 Å². The van der Waals surface area contributed by atoms with Crippen molar-refractivity contribution in [3.8, 4) is 11.3 Å². The van der Waals surface area contributed by atoms with Crippen molar-refractivity contribution in [2.45, 2.75) is 50.6 Å². The van der Waals surface area contributed by atoms with Crippen LogP contribution in [0.15, 0.2) is 24.4 Å². The number of benzene rings is 1. The third kappa shape index (κ3) is 6.87. The standard InChI is InChI=1S/C26H35ClN4O5Si/c1-34-23(32)15-31-22(16-36-11-12-37(2,3)4)19-6-5-17(13-20(19)25(31)33)24-21(27)14-28-26(30-24)29-18-7-9-35-10-8-18/h5-6,13-14,18,22H,7-12,15-16H2,1-4H3,(H,28,29,30). The van der Waals surface area contributed by atoms with Crippen molar-refractivity contribution in [3.05, 3.63) is 40.5 Å². The lowest BCUT2D eigenvalue weighted by atomic mass is 10.0. The summed E-state index contributed by atoms with van der Waals surface area (Å²) in [5.41, 5.74) is 2.56. The van der Waals surface area contributed by atoms with E-state index in [-0.39, 0.29) is 24.5 Å². The van der Waals surface area contributed by atoms with Gasteiger partial charge in [0, 0.05) is 45.1 Å². The quantitative estimate of drug-likeness (QED) is 0.265. The van der Waals surface area contributed by atoms with Gasteiger partial charge < -0.3 is 24.4 Å². The molecule has 1 aromatic carbocycles. The highest BCUT2D eigenvalue weighted by atomic mass is 35.5. The molecule has 3 heterocycles. The highest BCUT2D eigenvalue weighted by Gasteiger charge is 2.38. The molecule has 11 heteroatoms. The summed E-state index contributed by atoms with van der Waals surface area (Å²) >= 11 is 6.48. The molecule has 37 heavy (non-hydrogen) atoms. The number of nitrogens with zero attached hydrogens (tertiary/aromatic N) is 3. The Morgan fingerprint density at radius 2 is 2.03 bits per heavy atom. The zero-order valence-corrected chi connectivity index (χ0v) is 23.6. The molecule has 1 atom stereocenters. The maximum atomic E-state index is 13.4. The first-order valence-electron chi connectivity index (χ1n) is 12.6. The van der Waals surface area contributed by atoms with Crippen molar-refractivity contribution >= 4 is 37.5 Å². The van der Waals surface area contributed by atoms with E-state index in [0.717, 1.165) is 24.4 Å². The number of hydrogen-bond acceptors (Lipinski definition) is 8. The molecule has 1 amide bonds. The Kier molecular flexibility index (Phi) is 8.84. The van der Waals surface area contributed by atoms with E-state index in [1.54, 1.807) is 12.3 Å². The maximum Gasteiger partial charge on any atom is 0.325 e. The average Bonchev–Trinajstić information content (AvgIpc) is 3.13. The number of anilines is 1. The van der Waals surface area contributed by atoms with E-state index in [0.29, 0.717) is 54.2 Å². The molecule has 1 fully saturated rings. The van der Waals surface area contributed by atoms with Crippen molar-refractivity contribution in [1.29, 1.82) is 0 Å². The van der Waals surface area contributed by atoms with E-state index in [1.165, 1.54) is 12.0 Å². The van der Waals surface area contributed by atoms with Crippen LogP contribution in [0.25, 0.3) is 11.3 Å². The van der Waals surface area contributed by atoms with Crippen LogP contribution in [0, 0.1) is 0 Å². The SMILES string of the molecule is COC(=O)CN1C(=O)c2cc(-c3nc(NC4CCOCC4)ncc3Cl)ccc2C1COCC[Si](C)(C)C. The molecular weight excluding hydrogens is 512 g/mol. The first-order chi connectivity index (χ1) is 17.7. The van der Waals surface area contributed by atoms with Crippen molar-refractivity contribution < 1.29 is 23.8 Å². The van der Waals surface area contributed by atoms with Crippen molar-refractivity contribution in [3.63, 3.8) is 0 Å². The normalized spacial score (nSPS) is 18.1. The van der Waals surface area contributed by atoms with Crippen LogP contribution in [0.5, 0.6) is 0 Å². The van der Waals surface area contributed by atoms with Gasteiger partial charge in [-0.2, -0.15) is 0 Å². The molecular formula is C26H35ClN4O5Si. The largest absolute Gasteiger partial charge is 0.468 e. The number of methoxy groups -OCH3 is 1. The molecule has 0 aliphatic carbocycles. The minimum atomic E-state index is -1.25. The summed E-state index contributed by atoms with van der Waals surface area (Å²) in [5.74, 6) is -0.234. The van der Waals surface area contributed by atoms with E-state index >= 15 is 0 Å². The Balaban J connectivity index is 1.58.